The van der Waals surface area contributed by atoms with Crippen molar-refractivity contribution in [3.8, 4) is 0 Å². The summed E-state index contributed by atoms with van der Waals surface area (Å²) in [6.07, 6.45) is 1.66. The summed E-state index contributed by atoms with van der Waals surface area (Å²) < 4.78 is 5.41. The van der Waals surface area contributed by atoms with Crippen LogP contribution < -0.4 is 10.6 Å². The Kier molecular flexibility index (Phi) is 10.1. The Bertz CT molecular complexity index is 1120. The molecule has 7 heteroatoms. The molecule has 0 saturated carbocycles. The molecular weight excluding hydrogens is 466 g/mol. The molecule has 37 heavy (non-hydrogen) atoms. The van der Waals surface area contributed by atoms with Crippen LogP contribution in [-0.4, -0.2) is 41.5 Å². The molecule has 0 aliphatic heterocycles. The highest BCUT2D eigenvalue weighted by Gasteiger charge is 2.36. The number of nitrogens with one attached hydrogen (secondary N) is 2. The zero-order valence-electron chi connectivity index (χ0n) is 23.3. The van der Waals surface area contributed by atoms with Gasteiger partial charge in [-0.3, -0.25) is 9.59 Å². The quantitative estimate of drug-likeness (QED) is 0.434. The van der Waals surface area contributed by atoms with E-state index < -0.39 is 23.8 Å². The molecule has 3 unspecified atom stereocenters. The number of likely N-dealkylation sites (N-methyl/N-ethyl adjacent to an activating group) is 1. The third-order valence-corrected chi connectivity index (χ3v) is 6.33. The number of nitrogens with zero attached hydrogens (tertiary/aromatic N) is 1. The van der Waals surface area contributed by atoms with Gasteiger partial charge in [0.2, 0.25) is 5.91 Å². The fraction of sp³-hybridized carbons (Fsp3) is 0.433. The standard InChI is InChI=1S/C30H41N3O4/c1-10-19(3)25(32-29(36)37-30(6,7)8)28(35)33(9)26(23-17-13-16-22(11-2)18-23)27(34)31-24-20(4)14-12-15-21(24)5/h11-19,25-26H,2,10H2,1,3-9H3,(H,31,34)(H,32,36). The summed E-state index contributed by atoms with van der Waals surface area (Å²) in [7, 11) is 1.59. The van der Waals surface area contributed by atoms with Crippen molar-refractivity contribution in [3.05, 3.63) is 71.3 Å². The number of hydrogen-bond acceptors (Lipinski definition) is 4. The van der Waals surface area contributed by atoms with E-state index in [2.05, 4.69) is 17.2 Å². The normalized spacial score (nSPS) is 13.6. The molecule has 0 heterocycles. The van der Waals surface area contributed by atoms with Crippen LogP contribution in [0.1, 0.15) is 69.3 Å². The number of benzene rings is 2. The Morgan fingerprint density at radius 3 is 2.22 bits per heavy atom. The first kappa shape index (κ1) is 29.6. The Morgan fingerprint density at radius 2 is 1.68 bits per heavy atom. The van der Waals surface area contributed by atoms with Gasteiger partial charge in [-0.1, -0.05) is 69.3 Å². The summed E-state index contributed by atoms with van der Waals surface area (Å²) in [5, 5.41) is 5.77. The molecule has 2 N–H and O–H groups in total. The molecular formula is C30H41N3O4. The highest BCUT2D eigenvalue weighted by atomic mass is 16.6. The lowest BCUT2D eigenvalue weighted by Gasteiger charge is -2.34. The zero-order valence-corrected chi connectivity index (χ0v) is 23.3. The summed E-state index contributed by atoms with van der Waals surface area (Å²) in [4.78, 5) is 41.6. The van der Waals surface area contributed by atoms with Crippen molar-refractivity contribution < 1.29 is 19.1 Å². The minimum atomic E-state index is -0.946. The van der Waals surface area contributed by atoms with E-state index in [1.807, 2.05) is 70.2 Å². The average molecular weight is 508 g/mol. The smallest absolute Gasteiger partial charge is 0.408 e. The lowest BCUT2D eigenvalue weighted by molar-refractivity contribution is -0.140. The van der Waals surface area contributed by atoms with Gasteiger partial charge in [-0.25, -0.2) is 4.79 Å². The Morgan fingerprint density at radius 1 is 1.08 bits per heavy atom. The van der Waals surface area contributed by atoms with Crippen molar-refractivity contribution in [2.24, 2.45) is 5.92 Å². The van der Waals surface area contributed by atoms with E-state index in [1.54, 1.807) is 33.9 Å². The Balaban J connectivity index is 2.48. The number of carbonyl (C=O) groups is 3. The highest BCUT2D eigenvalue weighted by Crippen LogP contribution is 2.27. The lowest BCUT2D eigenvalue weighted by atomic mass is 9.95. The van der Waals surface area contributed by atoms with Crippen LogP contribution in [0.4, 0.5) is 10.5 Å². The second kappa shape index (κ2) is 12.6. The van der Waals surface area contributed by atoms with E-state index in [9.17, 15) is 14.4 Å². The summed E-state index contributed by atoms with van der Waals surface area (Å²) in [5.74, 6) is -0.926. The maximum Gasteiger partial charge on any atom is 0.408 e. The summed E-state index contributed by atoms with van der Waals surface area (Å²) >= 11 is 0. The third kappa shape index (κ3) is 7.94. The fourth-order valence-corrected chi connectivity index (χ4v) is 4.07. The van der Waals surface area contributed by atoms with Gasteiger partial charge in [0.25, 0.3) is 5.91 Å². The molecule has 0 saturated heterocycles. The number of alkyl carbamates (subject to hydrolysis) is 1. The van der Waals surface area contributed by atoms with Crippen LogP contribution in [0.2, 0.25) is 0 Å². The Labute approximate surface area is 221 Å². The Hall–Kier alpha value is -3.61. The van der Waals surface area contributed by atoms with E-state index >= 15 is 0 Å². The van der Waals surface area contributed by atoms with Crippen LogP contribution >= 0.6 is 0 Å². The third-order valence-electron chi connectivity index (χ3n) is 6.33. The predicted molar refractivity (Wildman–Crippen MR) is 149 cm³/mol. The van der Waals surface area contributed by atoms with Crippen LogP contribution in [0.5, 0.6) is 0 Å². The van der Waals surface area contributed by atoms with Crippen molar-refractivity contribution in [1.82, 2.24) is 10.2 Å². The fourth-order valence-electron chi connectivity index (χ4n) is 4.07. The van der Waals surface area contributed by atoms with E-state index in [0.717, 1.165) is 16.7 Å². The molecule has 0 aliphatic carbocycles. The molecule has 0 spiro atoms. The minimum absolute atomic E-state index is 0.190. The van der Waals surface area contributed by atoms with Crippen LogP contribution in [0.3, 0.4) is 0 Å². The molecule has 7 nitrogen and oxygen atoms in total. The van der Waals surface area contributed by atoms with Crippen LogP contribution in [0.25, 0.3) is 6.08 Å². The lowest BCUT2D eigenvalue weighted by Crippen LogP contribution is -2.53. The molecule has 0 aromatic heterocycles. The van der Waals surface area contributed by atoms with Crippen LogP contribution in [0, 0.1) is 19.8 Å². The molecule has 0 aliphatic rings. The van der Waals surface area contributed by atoms with Crippen molar-refractivity contribution in [3.63, 3.8) is 0 Å². The maximum atomic E-state index is 13.9. The monoisotopic (exact) mass is 507 g/mol. The summed E-state index contributed by atoms with van der Waals surface area (Å²) in [6, 6.07) is 11.3. The number of aryl methyl sites for hydroxylation is 2. The number of ether oxygens (including phenoxy) is 1. The molecule has 2 aromatic rings. The summed E-state index contributed by atoms with van der Waals surface area (Å²) in [6.45, 7) is 16.8. The van der Waals surface area contributed by atoms with Gasteiger partial charge in [-0.15, -0.1) is 0 Å². The SMILES string of the molecule is C=Cc1cccc(C(C(=O)Nc2c(C)cccc2C)N(C)C(=O)C(NC(=O)OC(C)(C)C)C(C)CC)c1. The number of para-hydroxylation sites is 1. The number of anilines is 1. The topological polar surface area (TPSA) is 87.7 Å². The van der Waals surface area contributed by atoms with Gasteiger partial charge in [-0.05, 0) is 68.9 Å². The van der Waals surface area contributed by atoms with Crippen LogP contribution in [0.15, 0.2) is 49.0 Å². The van der Waals surface area contributed by atoms with E-state index in [4.69, 9.17) is 4.74 Å². The molecule has 200 valence electrons. The van der Waals surface area contributed by atoms with Crippen LogP contribution in [-0.2, 0) is 14.3 Å². The van der Waals surface area contributed by atoms with Gasteiger partial charge in [-0.2, -0.15) is 0 Å². The number of hydrogen-bond donors (Lipinski definition) is 2. The van der Waals surface area contributed by atoms with E-state index in [-0.39, 0.29) is 17.7 Å². The number of amides is 3. The van der Waals surface area contributed by atoms with Crippen molar-refractivity contribution >= 4 is 29.7 Å². The first-order chi connectivity index (χ1) is 17.3. The van der Waals surface area contributed by atoms with Gasteiger partial charge >= 0.3 is 6.09 Å². The minimum Gasteiger partial charge on any atom is -0.444 e. The molecule has 3 amide bonds. The predicted octanol–water partition coefficient (Wildman–Crippen LogP) is 6.02. The van der Waals surface area contributed by atoms with E-state index in [1.165, 1.54) is 4.90 Å². The van der Waals surface area contributed by atoms with Gasteiger partial charge in [0.05, 0.1) is 0 Å². The molecule has 0 radical (unpaired) electrons. The molecule has 0 fully saturated rings. The first-order valence-electron chi connectivity index (χ1n) is 12.6. The van der Waals surface area contributed by atoms with Crippen molar-refractivity contribution in [2.75, 3.05) is 12.4 Å². The van der Waals surface area contributed by atoms with Gasteiger partial charge < -0.3 is 20.3 Å². The molecule has 2 aromatic carbocycles. The van der Waals surface area contributed by atoms with E-state index in [0.29, 0.717) is 17.7 Å². The van der Waals surface area contributed by atoms with Crippen molar-refractivity contribution in [2.45, 2.75) is 72.6 Å². The second-order valence-corrected chi connectivity index (χ2v) is 10.5. The highest BCUT2D eigenvalue weighted by molar-refractivity contribution is 5.99. The number of carbonyl (C=O) groups excluding carboxylic acids is 3. The summed E-state index contributed by atoms with van der Waals surface area (Å²) in [5.41, 5.74) is 3.31. The maximum absolute atomic E-state index is 13.9. The van der Waals surface area contributed by atoms with Gasteiger partial charge in [0.1, 0.15) is 17.7 Å². The molecule has 3 atom stereocenters. The van der Waals surface area contributed by atoms with Gasteiger partial charge in [0, 0.05) is 12.7 Å². The molecule has 2 rings (SSSR count). The van der Waals surface area contributed by atoms with Crippen molar-refractivity contribution in [1.29, 1.82) is 0 Å². The molecule has 0 bridgehead atoms. The van der Waals surface area contributed by atoms with Gasteiger partial charge in [0.15, 0.2) is 0 Å². The average Bonchev–Trinajstić information content (AvgIpc) is 2.83. The second-order valence-electron chi connectivity index (χ2n) is 10.5. The first-order valence-corrected chi connectivity index (χ1v) is 12.6. The number of rotatable bonds is 9. The zero-order chi connectivity index (χ0) is 27.9. The largest absolute Gasteiger partial charge is 0.444 e.